The summed E-state index contributed by atoms with van der Waals surface area (Å²) in [6.45, 7) is 7.60. The number of nitrogens with one attached hydrogen (secondary N) is 2. The fourth-order valence-electron chi connectivity index (χ4n) is 2.04. The minimum Gasteiger partial charge on any atom is -0.382 e. The first-order valence-electron chi connectivity index (χ1n) is 6.99. The Labute approximate surface area is 127 Å². The normalized spacial score (nSPS) is 18.8. The quantitative estimate of drug-likeness (QED) is 0.762. The maximum Gasteiger partial charge on any atom is 0.268 e. The molecule has 1 saturated heterocycles. The van der Waals surface area contributed by atoms with Gasteiger partial charge in [0, 0.05) is 19.6 Å². The van der Waals surface area contributed by atoms with Crippen LogP contribution in [0.1, 0.15) is 30.4 Å². The van der Waals surface area contributed by atoms with Crippen LogP contribution in [0.15, 0.2) is 0 Å². The monoisotopic (exact) mass is 311 g/mol. The van der Waals surface area contributed by atoms with Crippen LogP contribution in [0.25, 0.3) is 0 Å². The van der Waals surface area contributed by atoms with Gasteiger partial charge in [-0.1, -0.05) is 25.2 Å². The van der Waals surface area contributed by atoms with Gasteiger partial charge in [-0.05, 0) is 12.8 Å². The third-order valence-electron chi connectivity index (χ3n) is 3.27. The highest BCUT2D eigenvalue weighted by Gasteiger charge is 2.32. The molecular formula is C13H21N5O2S. The topological polar surface area (TPSA) is 100 Å². The van der Waals surface area contributed by atoms with Gasteiger partial charge in [-0.25, -0.2) is 4.98 Å². The molecule has 0 radical (unpaired) electrons. The lowest BCUT2D eigenvalue weighted by Crippen LogP contribution is -2.55. The van der Waals surface area contributed by atoms with E-state index in [1.54, 1.807) is 6.92 Å². The zero-order chi connectivity index (χ0) is 15.6. The van der Waals surface area contributed by atoms with E-state index in [9.17, 15) is 9.59 Å². The molecule has 0 bridgehead atoms. The summed E-state index contributed by atoms with van der Waals surface area (Å²) >= 11 is 1.24. The number of thiazole rings is 1. The van der Waals surface area contributed by atoms with Crippen molar-refractivity contribution in [1.82, 2.24) is 15.2 Å². The lowest BCUT2D eigenvalue weighted by atomic mass is 10.2. The Morgan fingerprint density at radius 3 is 3.00 bits per heavy atom. The molecule has 7 nitrogen and oxygen atoms in total. The van der Waals surface area contributed by atoms with E-state index in [1.807, 2.05) is 0 Å². The molecule has 1 aromatic heterocycles. The Morgan fingerprint density at radius 2 is 2.33 bits per heavy atom. The second-order valence-electron chi connectivity index (χ2n) is 5.47. The van der Waals surface area contributed by atoms with E-state index in [4.69, 9.17) is 5.73 Å². The van der Waals surface area contributed by atoms with Crippen molar-refractivity contribution in [2.24, 2.45) is 5.92 Å². The number of amides is 2. The number of carbonyl (C=O) groups is 2. The summed E-state index contributed by atoms with van der Waals surface area (Å²) in [6, 6.07) is -0.486. The van der Waals surface area contributed by atoms with E-state index in [1.165, 1.54) is 16.2 Å². The number of rotatable bonds is 4. The van der Waals surface area contributed by atoms with Gasteiger partial charge in [0.05, 0.1) is 0 Å². The van der Waals surface area contributed by atoms with Crippen molar-refractivity contribution >= 4 is 34.1 Å². The van der Waals surface area contributed by atoms with Crippen LogP contribution in [0, 0.1) is 5.92 Å². The summed E-state index contributed by atoms with van der Waals surface area (Å²) in [6.07, 6.45) is 0. The minimum absolute atomic E-state index is 0.143. The Morgan fingerprint density at radius 1 is 1.62 bits per heavy atom. The maximum absolute atomic E-state index is 12.5. The maximum atomic E-state index is 12.5. The zero-order valence-electron chi connectivity index (χ0n) is 12.5. The number of hydrogen-bond acceptors (Lipinski definition) is 6. The zero-order valence-corrected chi connectivity index (χ0v) is 13.3. The largest absolute Gasteiger partial charge is 0.382 e. The molecule has 2 heterocycles. The van der Waals surface area contributed by atoms with Crippen LogP contribution in [0.4, 0.5) is 10.9 Å². The van der Waals surface area contributed by atoms with Crippen molar-refractivity contribution in [1.29, 1.82) is 0 Å². The summed E-state index contributed by atoms with van der Waals surface area (Å²) in [4.78, 5) is 30.3. The standard InChI is InChI=1S/C13H21N5O2S/c1-7(2)6-16-13-17-10(14)9(21-13)12(20)18-5-4-15-11(19)8(18)3/h7-8H,4-6,14H2,1-3H3,(H,15,19)(H,16,17). The highest BCUT2D eigenvalue weighted by atomic mass is 32.1. The van der Waals surface area contributed by atoms with Gasteiger partial charge in [-0.15, -0.1) is 0 Å². The highest BCUT2D eigenvalue weighted by molar-refractivity contribution is 7.18. The molecule has 116 valence electrons. The predicted molar refractivity (Wildman–Crippen MR) is 83.4 cm³/mol. The van der Waals surface area contributed by atoms with Crippen molar-refractivity contribution in [2.45, 2.75) is 26.8 Å². The van der Waals surface area contributed by atoms with Crippen LogP contribution in [0.3, 0.4) is 0 Å². The van der Waals surface area contributed by atoms with Crippen molar-refractivity contribution in [3.63, 3.8) is 0 Å². The van der Waals surface area contributed by atoms with Crippen LogP contribution in [0.2, 0.25) is 0 Å². The molecule has 4 N–H and O–H groups in total. The van der Waals surface area contributed by atoms with Gasteiger partial charge >= 0.3 is 0 Å². The molecule has 1 aliphatic heterocycles. The number of nitrogen functional groups attached to an aromatic ring is 1. The van der Waals surface area contributed by atoms with Gasteiger partial charge in [0.15, 0.2) is 5.13 Å². The van der Waals surface area contributed by atoms with Crippen molar-refractivity contribution in [3.8, 4) is 0 Å². The SMILES string of the molecule is CC(C)CNc1nc(N)c(C(=O)N2CCNC(=O)C2C)s1. The Balaban J connectivity index is 2.13. The van der Waals surface area contributed by atoms with Crippen LogP contribution >= 0.6 is 11.3 Å². The third kappa shape index (κ3) is 3.44. The van der Waals surface area contributed by atoms with Crippen LogP contribution in [-0.2, 0) is 4.79 Å². The van der Waals surface area contributed by atoms with E-state index >= 15 is 0 Å². The number of hydrogen-bond donors (Lipinski definition) is 3. The fourth-order valence-corrected chi connectivity index (χ4v) is 2.89. The number of aromatic nitrogens is 1. The molecule has 1 aromatic rings. The molecule has 2 amide bonds. The molecule has 1 fully saturated rings. The molecular weight excluding hydrogens is 290 g/mol. The molecule has 1 atom stereocenters. The Hall–Kier alpha value is -1.83. The molecule has 8 heteroatoms. The first-order valence-corrected chi connectivity index (χ1v) is 7.80. The van der Waals surface area contributed by atoms with Crippen molar-refractivity contribution in [3.05, 3.63) is 4.88 Å². The smallest absolute Gasteiger partial charge is 0.268 e. The summed E-state index contributed by atoms with van der Waals surface area (Å²) in [5, 5.41) is 6.53. The van der Waals surface area contributed by atoms with E-state index in [2.05, 4.69) is 29.5 Å². The summed E-state index contributed by atoms with van der Waals surface area (Å²) in [5.74, 6) is 0.315. The number of piperazine rings is 1. The average Bonchev–Trinajstić information content (AvgIpc) is 2.80. The van der Waals surface area contributed by atoms with E-state index in [0.717, 1.165) is 6.54 Å². The molecule has 2 rings (SSSR count). The summed E-state index contributed by atoms with van der Waals surface area (Å²) in [7, 11) is 0. The number of carbonyl (C=O) groups excluding carboxylic acids is 2. The van der Waals surface area contributed by atoms with Crippen molar-refractivity contribution in [2.75, 3.05) is 30.7 Å². The first kappa shape index (κ1) is 15.6. The molecule has 0 saturated carbocycles. The van der Waals surface area contributed by atoms with E-state index < -0.39 is 6.04 Å². The molecule has 21 heavy (non-hydrogen) atoms. The van der Waals surface area contributed by atoms with Gasteiger partial charge in [0.1, 0.15) is 16.7 Å². The Kier molecular flexibility index (Phi) is 4.66. The van der Waals surface area contributed by atoms with Gasteiger partial charge in [0.2, 0.25) is 5.91 Å². The predicted octanol–water partition coefficient (Wildman–Crippen LogP) is 0.754. The van der Waals surface area contributed by atoms with Gasteiger partial charge in [-0.2, -0.15) is 0 Å². The van der Waals surface area contributed by atoms with Gasteiger partial charge in [-0.3, -0.25) is 9.59 Å². The fraction of sp³-hybridized carbons (Fsp3) is 0.615. The number of nitrogens with zero attached hydrogens (tertiary/aromatic N) is 2. The van der Waals surface area contributed by atoms with E-state index in [0.29, 0.717) is 29.0 Å². The Bertz CT molecular complexity index is 543. The molecule has 1 aliphatic rings. The third-order valence-corrected chi connectivity index (χ3v) is 4.29. The highest BCUT2D eigenvalue weighted by Crippen LogP contribution is 2.27. The minimum atomic E-state index is -0.486. The molecule has 0 spiro atoms. The molecule has 0 aliphatic carbocycles. The van der Waals surface area contributed by atoms with Gasteiger partial charge < -0.3 is 21.3 Å². The summed E-state index contributed by atoms with van der Waals surface area (Å²) in [5.41, 5.74) is 5.85. The van der Waals surface area contributed by atoms with Crippen LogP contribution < -0.4 is 16.4 Å². The number of anilines is 2. The second-order valence-corrected chi connectivity index (χ2v) is 6.47. The number of nitrogens with two attached hydrogens (primary N) is 1. The van der Waals surface area contributed by atoms with Crippen molar-refractivity contribution < 1.29 is 9.59 Å². The average molecular weight is 311 g/mol. The van der Waals surface area contributed by atoms with E-state index in [-0.39, 0.29) is 17.6 Å². The first-order chi connectivity index (χ1) is 9.90. The molecule has 0 aromatic carbocycles. The summed E-state index contributed by atoms with van der Waals surface area (Å²) < 4.78 is 0. The molecule has 1 unspecified atom stereocenters. The van der Waals surface area contributed by atoms with Crippen LogP contribution in [0.5, 0.6) is 0 Å². The second kappa shape index (κ2) is 6.30. The van der Waals surface area contributed by atoms with Crippen LogP contribution in [-0.4, -0.2) is 47.4 Å². The van der Waals surface area contributed by atoms with Gasteiger partial charge in [0.25, 0.3) is 5.91 Å². The lowest BCUT2D eigenvalue weighted by molar-refractivity contribution is -0.127. The lowest BCUT2D eigenvalue weighted by Gasteiger charge is -2.32.